The van der Waals surface area contributed by atoms with Crippen LogP contribution in [-0.4, -0.2) is 22.4 Å². The van der Waals surface area contributed by atoms with Crippen LogP contribution in [0.3, 0.4) is 0 Å². The molecule has 0 saturated carbocycles. The maximum Gasteiger partial charge on any atom is 0.117 e. The van der Waals surface area contributed by atoms with Gasteiger partial charge in [0.25, 0.3) is 0 Å². The third kappa shape index (κ3) is 4.68. The summed E-state index contributed by atoms with van der Waals surface area (Å²) in [6.07, 6.45) is 1.21. The Labute approximate surface area is 91.1 Å². The van der Waals surface area contributed by atoms with Crippen molar-refractivity contribution in [3.8, 4) is 0 Å². The van der Waals surface area contributed by atoms with Crippen molar-refractivity contribution in [2.75, 3.05) is 0 Å². The number of carbonyl (C=O) groups is 1. The first kappa shape index (κ1) is 15.2. The first-order chi connectivity index (χ1) is 4.69. The molecule has 0 heterocycles. The summed E-state index contributed by atoms with van der Waals surface area (Å²) in [7, 11) is -2.46. The van der Waals surface area contributed by atoms with Gasteiger partial charge in [-0.3, -0.25) is 0 Å². The van der Waals surface area contributed by atoms with Crippen LogP contribution in [0, 0.1) is 0 Å². The Bertz CT molecular complexity index is 132. The predicted molar refractivity (Wildman–Crippen MR) is 56.5 cm³/mol. The molecule has 0 amide bonds. The smallest absolute Gasteiger partial charge is 0.117 e. The molecule has 0 aromatic rings. The molecule has 0 atom stereocenters. The van der Waals surface area contributed by atoms with Crippen LogP contribution in [0.2, 0.25) is 44.4 Å². The minimum absolute atomic E-state index is 0. The Morgan fingerprint density at radius 3 is 1.17 bits per heavy atom. The Kier molecular flexibility index (Phi) is 6.11. The van der Waals surface area contributed by atoms with E-state index in [1.165, 1.54) is 6.29 Å². The molecule has 0 saturated heterocycles. The van der Waals surface area contributed by atoms with E-state index in [2.05, 4.69) is 39.3 Å². The Hall–Kier alpha value is 0.727. The fraction of sp³-hybridized carbons (Fsp3) is 0.875. The number of rotatable bonds is 3. The summed E-state index contributed by atoms with van der Waals surface area (Å²) in [4.78, 5) is 10.9. The average molecular weight is 254 g/mol. The van der Waals surface area contributed by atoms with Crippen LogP contribution >= 0.6 is 0 Å². The van der Waals surface area contributed by atoms with E-state index >= 15 is 0 Å². The van der Waals surface area contributed by atoms with Crippen molar-refractivity contribution in [3.05, 3.63) is 0 Å². The first-order valence-corrected chi connectivity index (χ1v) is 11.3. The van der Waals surface area contributed by atoms with Gasteiger partial charge in [-0.1, -0.05) is 39.3 Å². The molecule has 0 bridgehead atoms. The van der Waals surface area contributed by atoms with Crippen molar-refractivity contribution in [2.24, 2.45) is 0 Å². The minimum atomic E-state index is -1.23. The molecule has 1 nitrogen and oxygen atoms in total. The third-order valence-corrected chi connectivity index (χ3v) is 11.2. The molecule has 0 fully saturated rings. The second kappa shape index (κ2) is 4.82. The van der Waals surface area contributed by atoms with Crippen molar-refractivity contribution < 1.29 is 24.3 Å². The fourth-order valence-corrected chi connectivity index (χ4v) is 12.9. The van der Waals surface area contributed by atoms with Gasteiger partial charge in [0.05, 0.1) is 16.1 Å². The molecular formula is C8H20OSi2Zn. The van der Waals surface area contributed by atoms with Gasteiger partial charge < -0.3 is 4.79 Å². The van der Waals surface area contributed by atoms with E-state index in [4.69, 9.17) is 0 Å². The molecule has 0 aliphatic rings. The van der Waals surface area contributed by atoms with E-state index in [9.17, 15) is 4.79 Å². The zero-order valence-electron chi connectivity index (χ0n) is 9.27. The van der Waals surface area contributed by atoms with Gasteiger partial charge in [0.15, 0.2) is 0 Å². The Morgan fingerprint density at radius 1 is 0.917 bits per heavy atom. The molecule has 0 aromatic heterocycles. The molecule has 0 N–H and O–H groups in total. The molecule has 68 valence electrons. The number of hydrogen-bond donors (Lipinski definition) is 0. The molecule has 0 radical (unpaired) electrons. The molecule has 0 aliphatic carbocycles. The Balaban J connectivity index is 0. The monoisotopic (exact) mass is 252 g/mol. The van der Waals surface area contributed by atoms with Crippen LogP contribution in [0.5, 0.6) is 0 Å². The molecule has 0 spiro atoms. The standard InChI is InChI=1S/C8H20OSi2.Zn/c1-10(2,3)8(7-9)11(4,5)6;/h7-8H,1-6H3;. The van der Waals surface area contributed by atoms with Crippen molar-refractivity contribution in [3.63, 3.8) is 0 Å². The van der Waals surface area contributed by atoms with E-state index in [1.54, 1.807) is 0 Å². The van der Waals surface area contributed by atoms with Crippen molar-refractivity contribution in [2.45, 2.75) is 44.4 Å². The van der Waals surface area contributed by atoms with E-state index in [1.807, 2.05) is 0 Å². The quantitative estimate of drug-likeness (QED) is 0.558. The molecule has 0 unspecified atom stereocenters. The van der Waals surface area contributed by atoms with Crippen LogP contribution < -0.4 is 0 Å². The molecular weight excluding hydrogens is 234 g/mol. The van der Waals surface area contributed by atoms with Crippen molar-refractivity contribution in [1.82, 2.24) is 0 Å². The number of aldehydes is 1. The van der Waals surface area contributed by atoms with E-state index < -0.39 is 16.1 Å². The zero-order valence-corrected chi connectivity index (χ0v) is 14.2. The first-order valence-electron chi connectivity index (χ1n) is 4.15. The summed E-state index contributed by atoms with van der Waals surface area (Å²) in [5.74, 6) is 0. The van der Waals surface area contributed by atoms with Crippen LogP contribution in [-0.2, 0) is 24.3 Å². The predicted octanol–water partition coefficient (Wildman–Crippen LogP) is 2.77. The summed E-state index contributed by atoms with van der Waals surface area (Å²) in [5, 5.41) is 0.412. The van der Waals surface area contributed by atoms with Crippen molar-refractivity contribution in [1.29, 1.82) is 0 Å². The van der Waals surface area contributed by atoms with Gasteiger partial charge in [-0.15, -0.1) is 0 Å². The van der Waals surface area contributed by atoms with Gasteiger partial charge in [0.1, 0.15) is 6.29 Å². The molecule has 12 heavy (non-hydrogen) atoms. The third-order valence-electron chi connectivity index (χ3n) is 2.00. The summed E-state index contributed by atoms with van der Waals surface area (Å²) in [6, 6.07) is 0. The Morgan fingerprint density at radius 2 is 1.17 bits per heavy atom. The summed E-state index contributed by atoms with van der Waals surface area (Å²) in [6.45, 7) is 13.7. The van der Waals surface area contributed by atoms with Crippen LogP contribution in [0.15, 0.2) is 0 Å². The normalized spacial score (nSPS) is 12.6. The summed E-state index contributed by atoms with van der Waals surface area (Å²) >= 11 is 0. The number of hydrogen-bond acceptors (Lipinski definition) is 1. The molecule has 0 rings (SSSR count). The van der Waals surface area contributed by atoms with Crippen LogP contribution in [0.25, 0.3) is 0 Å². The van der Waals surface area contributed by atoms with Gasteiger partial charge in [-0.05, 0) is 0 Å². The van der Waals surface area contributed by atoms with E-state index in [0.717, 1.165) is 0 Å². The van der Waals surface area contributed by atoms with Gasteiger partial charge in [-0.25, -0.2) is 0 Å². The maximum absolute atomic E-state index is 10.9. The van der Waals surface area contributed by atoms with E-state index in [-0.39, 0.29) is 19.5 Å². The van der Waals surface area contributed by atoms with Gasteiger partial charge in [0, 0.05) is 24.6 Å². The van der Waals surface area contributed by atoms with Crippen LogP contribution in [0.1, 0.15) is 0 Å². The van der Waals surface area contributed by atoms with Crippen LogP contribution in [0.4, 0.5) is 0 Å². The second-order valence-corrected chi connectivity index (χ2v) is 16.6. The minimum Gasteiger partial charge on any atom is -0.304 e. The molecule has 4 heteroatoms. The van der Waals surface area contributed by atoms with Gasteiger partial charge >= 0.3 is 0 Å². The molecule has 0 aromatic carbocycles. The van der Waals surface area contributed by atoms with Gasteiger partial charge in [-0.2, -0.15) is 0 Å². The number of carbonyl (C=O) groups excluding carboxylic acids is 1. The maximum atomic E-state index is 10.9. The largest absolute Gasteiger partial charge is 0.304 e. The van der Waals surface area contributed by atoms with Crippen molar-refractivity contribution >= 4 is 22.4 Å². The summed E-state index contributed by atoms with van der Waals surface area (Å²) < 4.78 is 0. The fourth-order valence-electron chi connectivity index (χ4n) is 1.71. The van der Waals surface area contributed by atoms with E-state index in [0.29, 0.717) is 5.16 Å². The molecule has 0 aliphatic heterocycles. The van der Waals surface area contributed by atoms with Gasteiger partial charge in [0.2, 0.25) is 0 Å². The zero-order chi connectivity index (χ0) is 9.28. The summed E-state index contributed by atoms with van der Waals surface area (Å²) in [5.41, 5.74) is 0. The average Bonchev–Trinajstić information content (AvgIpc) is 1.56. The topological polar surface area (TPSA) is 17.1 Å². The SMILES string of the molecule is C[Si](C)(C)C(C=O)[Si](C)(C)C.[Zn]. The second-order valence-electron chi connectivity index (χ2n) is 5.35.